The molecule has 1 heterocycles. The van der Waals surface area contributed by atoms with E-state index >= 15 is 0 Å². The van der Waals surface area contributed by atoms with Crippen LogP contribution in [0.4, 0.5) is 0 Å². The van der Waals surface area contributed by atoms with Crippen LogP contribution in [0.5, 0.6) is 0 Å². The fraction of sp³-hybridized carbons (Fsp3) is 1.00. The highest BCUT2D eigenvalue weighted by Gasteiger charge is 2.19. The molecular formula is C11H24N2O3S. The summed E-state index contributed by atoms with van der Waals surface area (Å²) in [6.45, 7) is 6.49. The first-order valence-electron chi connectivity index (χ1n) is 6.30. The van der Waals surface area contributed by atoms with Crippen molar-refractivity contribution in [3.05, 3.63) is 0 Å². The molecule has 1 unspecified atom stereocenters. The first-order chi connectivity index (χ1) is 7.93. The molecule has 1 aliphatic heterocycles. The minimum absolute atomic E-state index is 0.0565. The highest BCUT2D eigenvalue weighted by molar-refractivity contribution is 7.89. The number of nitrogens with zero attached hydrogens (tertiary/aromatic N) is 1. The number of rotatable bonds is 6. The lowest BCUT2D eigenvalue weighted by molar-refractivity contribution is 0.0942. The number of hydrogen-bond donors (Lipinski definition) is 2. The molecule has 0 aromatic rings. The second-order valence-electron chi connectivity index (χ2n) is 4.89. The maximum absolute atomic E-state index is 11.2. The van der Waals surface area contributed by atoms with Gasteiger partial charge in [0.1, 0.15) is 0 Å². The van der Waals surface area contributed by atoms with Crippen molar-refractivity contribution in [1.82, 2.24) is 9.62 Å². The van der Waals surface area contributed by atoms with Gasteiger partial charge in [0, 0.05) is 13.1 Å². The minimum Gasteiger partial charge on any atom is -0.390 e. The van der Waals surface area contributed by atoms with E-state index < -0.39 is 16.1 Å². The quantitative estimate of drug-likeness (QED) is 0.709. The van der Waals surface area contributed by atoms with E-state index in [0.29, 0.717) is 6.54 Å². The predicted octanol–water partition coefficient (Wildman–Crippen LogP) is 0.0185. The summed E-state index contributed by atoms with van der Waals surface area (Å²) in [5, 5.41) is 9.76. The Hall–Kier alpha value is -0.170. The SMILES string of the molecule is CCS(=O)(=O)NCC(O)CN1CCC(C)CC1. The van der Waals surface area contributed by atoms with Gasteiger partial charge in [-0.1, -0.05) is 6.92 Å². The van der Waals surface area contributed by atoms with Gasteiger partial charge in [-0.25, -0.2) is 13.1 Å². The minimum atomic E-state index is -3.19. The van der Waals surface area contributed by atoms with Crippen LogP contribution >= 0.6 is 0 Å². The summed E-state index contributed by atoms with van der Waals surface area (Å²) >= 11 is 0. The number of sulfonamides is 1. The molecule has 17 heavy (non-hydrogen) atoms. The van der Waals surface area contributed by atoms with Gasteiger partial charge in [0.05, 0.1) is 11.9 Å². The van der Waals surface area contributed by atoms with Gasteiger partial charge < -0.3 is 10.0 Å². The molecule has 0 amide bonds. The van der Waals surface area contributed by atoms with Crippen LogP contribution < -0.4 is 4.72 Å². The molecule has 0 bridgehead atoms. The molecule has 0 aliphatic carbocycles. The van der Waals surface area contributed by atoms with E-state index in [0.717, 1.165) is 31.8 Å². The molecule has 0 radical (unpaired) electrons. The van der Waals surface area contributed by atoms with Crippen molar-refractivity contribution in [2.75, 3.05) is 31.9 Å². The first-order valence-corrected chi connectivity index (χ1v) is 7.96. The molecule has 0 aromatic heterocycles. The van der Waals surface area contributed by atoms with Crippen molar-refractivity contribution in [3.8, 4) is 0 Å². The van der Waals surface area contributed by atoms with Crippen molar-refractivity contribution in [1.29, 1.82) is 0 Å². The smallest absolute Gasteiger partial charge is 0.211 e. The van der Waals surface area contributed by atoms with Crippen molar-refractivity contribution in [2.45, 2.75) is 32.8 Å². The van der Waals surface area contributed by atoms with Gasteiger partial charge in [0.15, 0.2) is 0 Å². The second-order valence-corrected chi connectivity index (χ2v) is 6.98. The van der Waals surface area contributed by atoms with Crippen LogP contribution in [0.15, 0.2) is 0 Å². The van der Waals surface area contributed by atoms with Crippen LogP contribution in [0, 0.1) is 5.92 Å². The normalized spacial score (nSPS) is 21.6. The lowest BCUT2D eigenvalue weighted by Crippen LogP contribution is -2.43. The lowest BCUT2D eigenvalue weighted by atomic mass is 9.99. The van der Waals surface area contributed by atoms with Crippen molar-refractivity contribution in [3.63, 3.8) is 0 Å². The third kappa shape index (κ3) is 5.81. The van der Waals surface area contributed by atoms with E-state index in [4.69, 9.17) is 0 Å². The van der Waals surface area contributed by atoms with E-state index in [-0.39, 0.29) is 12.3 Å². The van der Waals surface area contributed by atoms with E-state index in [1.807, 2.05) is 0 Å². The van der Waals surface area contributed by atoms with E-state index in [1.165, 1.54) is 0 Å². The van der Waals surface area contributed by atoms with Gasteiger partial charge >= 0.3 is 0 Å². The Morgan fingerprint density at radius 3 is 2.53 bits per heavy atom. The molecule has 1 fully saturated rings. The number of piperidine rings is 1. The summed E-state index contributed by atoms with van der Waals surface area (Å²) in [5.74, 6) is 0.822. The van der Waals surface area contributed by atoms with Crippen LogP contribution in [0.25, 0.3) is 0 Å². The third-order valence-corrected chi connectivity index (χ3v) is 4.63. The maximum atomic E-state index is 11.2. The average molecular weight is 264 g/mol. The average Bonchev–Trinajstić information content (AvgIpc) is 2.30. The standard InChI is InChI=1S/C11H24N2O3S/c1-3-17(15,16)12-8-11(14)9-13-6-4-10(2)5-7-13/h10-12,14H,3-9H2,1-2H3. The number of aliphatic hydroxyl groups excluding tert-OH is 1. The van der Waals surface area contributed by atoms with Gasteiger partial charge in [-0.15, -0.1) is 0 Å². The summed E-state index contributed by atoms with van der Waals surface area (Å²) in [5.41, 5.74) is 0. The van der Waals surface area contributed by atoms with Gasteiger partial charge in [-0.2, -0.15) is 0 Å². The Labute approximate surface area is 104 Å². The molecule has 0 saturated carbocycles. The first kappa shape index (κ1) is 14.9. The van der Waals surface area contributed by atoms with Crippen LogP contribution in [0.1, 0.15) is 26.7 Å². The highest BCUT2D eigenvalue weighted by Crippen LogP contribution is 2.15. The Kier molecular flexibility index (Phi) is 5.85. The monoisotopic (exact) mass is 264 g/mol. The summed E-state index contributed by atoms with van der Waals surface area (Å²) in [4.78, 5) is 2.20. The third-order valence-electron chi connectivity index (χ3n) is 3.26. The van der Waals surface area contributed by atoms with Crippen molar-refractivity contribution in [2.24, 2.45) is 5.92 Å². The molecule has 2 N–H and O–H groups in total. The van der Waals surface area contributed by atoms with Crippen LogP contribution in [-0.4, -0.2) is 56.5 Å². The molecule has 5 nitrogen and oxygen atoms in total. The van der Waals surface area contributed by atoms with Crippen LogP contribution in [-0.2, 0) is 10.0 Å². The summed E-state index contributed by atoms with van der Waals surface area (Å²) in [7, 11) is -3.19. The number of nitrogens with one attached hydrogen (secondary N) is 1. The zero-order valence-electron chi connectivity index (χ0n) is 10.7. The number of likely N-dealkylation sites (tertiary alicyclic amines) is 1. The molecular weight excluding hydrogens is 240 g/mol. The molecule has 6 heteroatoms. The summed E-state index contributed by atoms with van der Waals surface area (Å²) in [6, 6.07) is 0. The summed E-state index contributed by atoms with van der Waals surface area (Å²) in [6.07, 6.45) is 1.70. The van der Waals surface area contributed by atoms with Gasteiger partial charge in [-0.3, -0.25) is 0 Å². The van der Waals surface area contributed by atoms with Crippen molar-refractivity contribution < 1.29 is 13.5 Å². The predicted molar refractivity (Wildman–Crippen MR) is 68.3 cm³/mol. The second kappa shape index (κ2) is 6.68. The zero-order chi connectivity index (χ0) is 12.9. The fourth-order valence-corrected chi connectivity index (χ4v) is 2.58. The number of hydrogen-bond acceptors (Lipinski definition) is 4. The molecule has 1 rings (SSSR count). The lowest BCUT2D eigenvalue weighted by Gasteiger charge is -2.31. The van der Waals surface area contributed by atoms with Crippen molar-refractivity contribution >= 4 is 10.0 Å². The topological polar surface area (TPSA) is 69.6 Å². The largest absolute Gasteiger partial charge is 0.390 e. The Morgan fingerprint density at radius 2 is 2.00 bits per heavy atom. The Bertz CT molecular complexity index is 311. The maximum Gasteiger partial charge on any atom is 0.211 e. The number of β-amino-alcohol motifs (C(OH)–C–C–N with tert-alkyl or cyclic N) is 1. The molecule has 1 atom stereocenters. The van der Waals surface area contributed by atoms with E-state index in [9.17, 15) is 13.5 Å². The van der Waals surface area contributed by atoms with E-state index in [1.54, 1.807) is 6.92 Å². The molecule has 102 valence electrons. The Balaban J connectivity index is 2.23. The van der Waals surface area contributed by atoms with Crippen LogP contribution in [0.3, 0.4) is 0 Å². The summed E-state index contributed by atoms with van der Waals surface area (Å²) < 4.78 is 24.8. The molecule has 1 saturated heterocycles. The Morgan fingerprint density at radius 1 is 1.41 bits per heavy atom. The molecule has 0 spiro atoms. The zero-order valence-corrected chi connectivity index (χ0v) is 11.5. The molecule has 1 aliphatic rings. The van der Waals surface area contributed by atoms with Gasteiger partial charge in [-0.05, 0) is 38.8 Å². The van der Waals surface area contributed by atoms with Gasteiger partial charge in [0.25, 0.3) is 0 Å². The van der Waals surface area contributed by atoms with Gasteiger partial charge in [0.2, 0.25) is 10.0 Å². The number of aliphatic hydroxyl groups is 1. The molecule has 0 aromatic carbocycles. The fourth-order valence-electron chi connectivity index (χ4n) is 1.93. The van der Waals surface area contributed by atoms with Crippen LogP contribution in [0.2, 0.25) is 0 Å². The van der Waals surface area contributed by atoms with E-state index in [2.05, 4.69) is 16.5 Å². The highest BCUT2D eigenvalue weighted by atomic mass is 32.2.